The van der Waals surface area contributed by atoms with Gasteiger partial charge in [0.15, 0.2) is 0 Å². The highest BCUT2D eigenvalue weighted by Gasteiger charge is 2.15. The van der Waals surface area contributed by atoms with Crippen LogP contribution in [0.25, 0.3) is 0 Å². The van der Waals surface area contributed by atoms with E-state index in [-0.39, 0.29) is 10.5 Å². The van der Waals surface area contributed by atoms with Gasteiger partial charge in [-0.25, -0.2) is 13.6 Å². The van der Waals surface area contributed by atoms with Crippen LogP contribution < -0.4 is 10.5 Å². The number of carbonyl (C=O) groups excluding carboxylic acids is 1. The molecule has 0 saturated heterocycles. The van der Waals surface area contributed by atoms with Crippen LogP contribution in [0.2, 0.25) is 5.02 Å². The molecule has 0 spiro atoms. The Morgan fingerprint density at radius 1 is 1.09 bits per heavy atom. The molecule has 1 amide bonds. The minimum atomic E-state index is -3.88. The SMILES string of the molecule is Cc1ccc(NC(=O)c2ccc(C)c(S(N)(=O)=O)c2)cc1Cl. The zero-order chi connectivity index (χ0) is 16.5. The molecule has 2 aromatic rings. The number of anilines is 1. The third-order valence-electron chi connectivity index (χ3n) is 3.19. The number of nitrogens with two attached hydrogens (primary N) is 1. The van der Waals surface area contributed by atoms with E-state index in [9.17, 15) is 13.2 Å². The highest BCUT2D eigenvalue weighted by Crippen LogP contribution is 2.21. The molecule has 0 atom stereocenters. The number of primary sulfonamides is 1. The molecule has 0 fully saturated rings. The van der Waals surface area contributed by atoms with Gasteiger partial charge in [0, 0.05) is 16.3 Å². The Morgan fingerprint density at radius 3 is 2.32 bits per heavy atom. The molecular formula is C15H15ClN2O3S. The Kier molecular flexibility index (Phi) is 4.55. The fourth-order valence-corrected chi connectivity index (χ4v) is 2.91. The molecule has 0 heterocycles. The van der Waals surface area contributed by atoms with Crippen LogP contribution in [0.5, 0.6) is 0 Å². The van der Waals surface area contributed by atoms with Crippen molar-refractivity contribution >= 4 is 33.2 Å². The minimum Gasteiger partial charge on any atom is -0.322 e. The van der Waals surface area contributed by atoms with Crippen molar-refractivity contribution < 1.29 is 13.2 Å². The van der Waals surface area contributed by atoms with Crippen molar-refractivity contribution in [2.24, 2.45) is 5.14 Å². The third kappa shape index (κ3) is 3.65. The molecular weight excluding hydrogens is 324 g/mol. The number of benzene rings is 2. The van der Waals surface area contributed by atoms with Crippen molar-refractivity contribution in [2.45, 2.75) is 18.7 Å². The van der Waals surface area contributed by atoms with Crippen LogP contribution in [0.15, 0.2) is 41.3 Å². The maximum Gasteiger partial charge on any atom is 0.255 e. The Hall–Kier alpha value is -1.89. The largest absolute Gasteiger partial charge is 0.322 e. The molecule has 0 aliphatic carbocycles. The molecule has 2 rings (SSSR count). The number of nitrogens with one attached hydrogen (secondary N) is 1. The molecule has 0 aromatic heterocycles. The van der Waals surface area contributed by atoms with Crippen LogP contribution in [0, 0.1) is 13.8 Å². The van der Waals surface area contributed by atoms with Crippen molar-refractivity contribution in [2.75, 3.05) is 5.32 Å². The van der Waals surface area contributed by atoms with Gasteiger partial charge in [0.2, 0.25) is 10.0 Å². The van der Waals surface area contributed by atoms with Crippen LogP contribution in [-0.2, 0) is 10.0 Å². The first-order chi connectivity index (χ1) is 10.2. The highest BCUT2D eigenvalue weighted by atomic mass is 35.5. The maximum absolute atomic E-state index is 12.2. The van der Waals surface area contributed by atoms with Gasteiger partial charge in [-0.15, -0.1) is 0 Å². The molecule has 0 aliphatic heterocycles. The molecule has 7 heteroatoms. The molecule has 0 saturated carbocycles. The molecule has 5 nitrogen and oxygen atoms in total. The van der Waals surface area contributed by atoms with Gasteiger partial charge >= 0.3 is 0 Å². The number of hydrogen-bond acceptors (Lipinski definition) is 3. The molecule has 116 valence electrons. The number of sulfonamides is 1. The van der Waals surface area contributed by atoms with Crippen molar-refractivity contribution in [3.05, 3.63) is 58.1 Å². The average Bonchev–Trinajstić information content (AvgIpc) is 2.42. The fourth-order valence-electron chi connectivity index (χ4n) is 1.92. The first-order valence-electron chi connectivity index (χ1n) is 6.39. The van der Waals surface area contributed by atoms with E-state index in [4.69, 9.17) is 16.7 Å². The fraction of sp³-hybridized carbons (Fsp3) is 0.133. The number of hydrogen-bond donors (Lipinski definition) is 2. The van der Waals surface area contributed by atoms with Gasteiger partial charge in [-0.3, -0.25) is 4.79 Å². The maximum atomic E-state index is 12.2. The van der Waals surface area contributed by atoms with E-state index in [1.807, 2.05) is 6.92 Å². The predicted octanol–water partition coefficient (Wildman–Crippen LogP) is 2.86. The van der Waals surface area contributed by atoms with Crippen LogP contribution >= 0.6 is 11.6 Å². The van der Waals surface area contributed by atoms with Crippen molar-refractivity contribution in [1.29, 1.82) is 0 Å². The van der Waals surface area contributed by atoms with E-state index < -0.39 is 15.9 Å². The lowest BCUT2D eigenvalue weighted by Crippen LogP contribution is -2.17. The summed E-state index contributed by atoms with van der Waals surface area (Å²) in [5.41, 5.74) is 2.11. The zero-order valence-electron chi connectivity index (χ0n) is 12.1. The average molecular weight is 339 g/mol. The first kappa shape index (κ1) is 16.5. The molecule has 22 heavy (non-hydrogen) atoms. The second-order valence-electron chi connectivity index (χ2n) is 4.94. The first-order valence-corrected chi connectivity index (χ1v) is 8.32. The molecule has 0 bridgehead atoms. The van der Waals surface area contributed by atoms with E-state index in [1.54, 1.807) is 25.1 Å². The number of aryl methyl sites for hydroxylation is 2. The molecule has 2 aromatic carbocycles. The topological polar surface area (TPSA) is 89.3 Å². The zero-order valence-corrected chi connectivity index (χ0v) is 13.6. The molecule has 0 radical (unpaired) electrons. The number of carbonyl (C=O) groups is 1. The van der Waals surface area contributed by atoms with Crippen LogP contribution in [-0.4, -0.2) is 14.3 Å². The lowest BCUT2D eigenvalue weighted by molar-refractivity contribution is 0.102. The molecule has 3 N–H and O–H groups in total. The normalized spacial score (nSPS) is 11.3. The standard InChI is InChI=1S/C15H15ClN2O3S/c1-9-4-6-12(8-13(9)16)18-15(19)11-5-3-10(2)14(7-11)22(17,20)21/h3-8H,1-2H3,(H,18,19)(H2,17,20,21). The quantitative estimate of drug-likeness (QED) is 0.901. The van der Waals surface area contributed by atoms with Gasteiger partial charge in [0.05, 0.1) is 4.90 Å². The van der Waals surface area contributed by atoms with Gasteiger partial charge in [0.25, 0.3) is 5.91 Å². The van der Waals surface area contributed by atoms with Crippen LogP contribution in [0.1, 0.15) is 21.5 Å². The number of rotatable bonds is 3. The van der Waals surface area contributed by atoms with Gasteiger partial charge in [-0.1, -0.05) is 23.7 Å². The molecule has 0 aliphatic rings. The van der Waals surface area contributed by atoms with Gasteiger partial charge in [0.1, 0.15) is 0 Å². The second kappa shape index (κ2) is 6.08. The third-order valence-corrected chi connectivity index (χ3v) is 4.65. The molecule has 0 unspecified atom stereocenters. The smallest absolute Gasteiger partial charge is 0.255 e. The van der Waals surface area contributed by atoms with Crippen LogP contribution in [0.4, 0.5) is 5.69 Å². The summed E-state index contributed by atoms with van der Waals surface area (Å²) in [5.74, 6) is -0.440. The van der Waals surface area contributed by atoms with Gasteiger partial charge < -0.3 is 5.32 Å². The Labute approximate surface area is 134 Å². The van der Waals surface area contributed by atoms with Crippen molar-refractivity contribution in [3.8, 4) is 0 Å². The Balaban J connectivity index is 2.32. The summed E-state index contributed by atoms with van der Waals surface area (Å²) in [7, 11) is -3.88. The number of amides is 1. The second-order valence-corrected chi connectivity index (χ2v) is 6.88. The minimum absolute atomic E-state index is 0.0675. The summed E-state index contributed by atoms with van der Waals surface area (Å²) in [5, 5.41) is 8.34. The lowest BCUT2D eigenvalue weighted by atomic mass is 10.1. The van der Waals surface area contributed by atoms with E-state index >= 15 is 0 Å². The van der Waals surface area contributed by atoms with Gasteiger partial charge in [-0.2, -0.15) is 0 Å². The summed E-state index contributed by atoms with van der Waals surface area (Å²) in [4.78, 5) is 12.1. The summed E-state index contributed by atoms with van der Waals surface area (Å²) >= 11 is 6.00. The summed E-state index contributed by atoms with van der Waals surface area (Å²) in [6, 6.07) is 9.46. The van der Waals surface area contributed by atoms with Crippen molar-refractivity contribution in [3.63, 3.8) is 0 Å². The van der Waals surface area contributed by atoms with E-state index in [2.05, 4.69) is 5.32 Å². The summed E-state index contributed by atoms with van der Waals surface area (Å²) in [6.45, 7) is 3.47. The number of halogens is 1. The van der Waals surface area contributed by atoms with Crippen molar-refractivity contribution in [1.82, 2.24) is 0 Å². The van der Waals surface area contributed by atoms with E-state index in [1.165, 1.54) is 18.2 Å². The van der Waals surface area contributed by atoms with E-state index in [0.717, 1.165) is 5.56 Å². The Morgan fingerprint density at radius 2 is 1.73 bits per heavy atom. The predicted molar refractivity (Wildman–Crippen MR) is 86.7 cm³/mol. The van der Waals surface area contributed by atoms with Crippen LogP contribution in [0.3, 0.4) is 0 Å². The lowest BCUT2D eigenvalue weighted by Gasteiger charge is -2.09. The van der Waals surface area contributed by atoms with Gasteiger partial charge in [-0.05, 0) is 49.2 Å². The highest BCUT2D eigenvalue weighted by molar-refractivity contribution is 7.89. The monoisotopic (exact) mass is 338 g/mol. The summed E-state index contributed by atoms with van der Waals surface area (Å²) in [6.07, 6.45) is 0. The van der Waals surface area contributed by atoms with E-state index in [0.29, 0.717) is 16.3 Å². The Bertz CT molecular complexity index is 848. The summed E-state index contributed by atoms with van der Waals surface area (Å²) < 4.78 is 23.0.